The standard InChI is InChI=1S/C43H51N3/c1-9-12-35(31(3)20-23-44(7)8)33-16-15-32-17-18-38-36-13-10-11-14-37(36)42-27-30(2)19-26-46(42)40(38)22-25-45-24-21-34(43(4,5)6)29-41(45)39(32)28-33/h9-16,19-21,23-24,26-29,38,40H,17-18,22,25H2,1-8H3/q+2/b12-9-,23-20-,35-31-. The van der Waals surface area contributed by atoms with Crippen LogP contribution >= 0.6 is 0 Å². The molecular formula is C43H51N3+2. The van der Waals surface area contributed by atoms with Gasteiger partial charge < -0.3 is 4.90 Å². The monoisotopic (exact) mass is 609 g/mol. The van der Waals surface area contributed by atoms with Crippen LogP contribution in [0.4, 0.5) is 0 Å². The van der Waals surface area contributed by atoms with Crippen molar-refractivity contribution in [2.24, 2.45) is 0 Å². The number of allylic oxidation sites excluding steroid dienone is 5. The molecule has 3 nitrogen and oxygen atoms in total. The minimum atomic E-state index is 0.0666. The minimum Gasteiger partial charge on any atom is -0.383 e. The number of hydrogen-bond donors (Lipinski definition) is 0. The average Bonchev–Trinajstić information content (AvgIpc) is 3.03. The molecule has 2 unspecified atom stereocenters. The molecule has 0 fully saturated rings. The molecule has 6 rings (SSSR count). The lowest BCUT2D eigenvalue weighted by Crippen LogP contribution is -2.50. The van der Waals surface area contributed by atoms with Gasteiger partial charge in [-0.2, -0.15) is 9.13 Å². The van der Waals surface area contributed by atoms with E-state index >= 15 is 0 Å². The van der Waals surface area contributed by atoms with Gasteiger partial charge in [0.05, 0.1) is 6.42 Å². The Hall–Kier alpha value is -4.24. The van der Waals surface area contributed by atoms with Gasteiger partial charge >= 0.3 is 0 Å². The van der Waals surface area contributed by atoms with Crippen LogP contribution < -0.4 is 9.13 Å². The third-order valence-electron chi connectivity index (χ3n) is 9.97. The lowest BCUT2D eigenvalue weighted by atomic mass is 9.77. The van der Waals surface area contributed by atoms with Crippen molar-refractivity contribution in [3.63, 3.8) is 0 Å². The topological polar surface area (TPSA) is 11.0 Å². The summed E-state index contributed by atoms with van der Waals surface area (Å²) in [7, 11) is 4.15. The largest absolute Gasteiger partial charge is 0.383 e. The molecule has 236 valence electrons. The van der Waals surface area contributed by atoms with E-state index in [9.17, 15) is 0 Å². The first-order valence-electron chi connectivity index (χ1n) is 17.0. The molecule has 0 spiro atoms. The number of rotatable bonds is 4. The first kappa shape index (κ1) is 31.7. The van der Waals surface area contributed by atoms with Gasteiger partial charge in [-0.25, -0.2) is 0 Å². The Labute approximate surface area is 277 Å². The molecule has 0 saturated heterocycles. The molecule has 0 saturated carbocycles. The Bertz CT molecular complexity index is 1850. The summed E-state index contributed by atoms with van der Waals surface area (Å²) in [6, 6.07) is 26.3. The van der Waals surface area contributed by atoms with Gasteiger partial charge in [0.2, 0.25) is 11.4 Å². The van der Waals surface area contributed by atoms with Crippen molar-refractivity contribution in [2.75, 3.05) is 14.1 Å². The van der Waals surface area contributed by atoms with Gasteiger partial charge in [0, 0.05) is 55.4 Å². The summed E-state index contributed by atoms with van der Waals surface area (Å²) in [4.78, 5) is 2.10. The Kier molecular flexibility index (Phi) is 8.88. The first-order chi connectivity index (χ1) is 22.0. The van der Waals surface area contributed by atoms with Gasteiger partial charge in [-0.1, -0.05) is 63.3 Å². The Morgan fingerprint density at radius 1 is 0.870 bits per heavy atom. The molecule has 4 heterocycles. The number of pyridine rings is 2. The Morgan fingerprint density at radius 3 is 2.43 bits per heavy atom. The highest BCUT2D eigenvalue weighted by atomic mass is 15.0. The van der Waals surface area contributed by atoms with Gasteiger partial charge in [0.1, 0.15) is 0 Å². The molecule has 3 heteroatoms. The Balaban J connectivity index is 1.53. The molecular weight excluding hydrogens is 558 g/mol. The number of nitrogens with zero attached hydrogens (tertiary/aromatic N) is 3. The minimum absolute atomic E-state index is 0.0666. The molecule has 2 atom stereocenters. The van der Waals surface area contributed by atoms with Crippen LogP contribution in [-0.2, 0) is 18.4 Å². The Morgan fingerprint density at radius 2 is 1.67 bits per heavy atom. The zero-order valence-corrected chi connectivity index (χ0v) is 29.1. The van der Waals surface area contributed by atoms with Gasteiger partial charge in [-0.3, -0.25) is 0 Å². The summed E-state index contributed by atoms with van der Waals surface area (Å²) < 4.78 is 5.13. The van der Waals surface area contributed by atoms with Crippen LogP contribution in [-0.4, -0.2) is 19.0 Å². The van der Waals surface area contributed by atoms with E-state index in [4.69, 9.17) is 0 Å². The highest BCUT2D eigenvalue weighted by molar-refractivity contribution is 5.81. The first-order valence-corrected chi connectivity index (χ1v) is 17.0. The van der Waals surface area contributed by atoms with Crippen LogP contribution in [0.15, 0.2) is 109 Å². The molecule has 2 aliphatic heterocycles. The van der Waals surface area contributed by atoms with Gasteiger partial charge in [-0.15, -0.1) is 0 Å². The van der Waals surface area contributed by atoms with E-state index in [-0.39, 0.29) is 5.41 Å². The molecule has 0 bridgehead atoms. The number of fused-ring (bicyclic) bond motifs is 9. The van der Waals surface area contributed by atoms with Crippen molar-refractivity contribution in [3.05, 3.63) is 137 Å². The van der Waals surface area contributed by atoms with Crippen molar-refractivity contribution < 1.29 is 9.13 Å². The van der Waals surface area contributed by atoms with Gasteiger partial charge in [0.15, 0.2) is 25.0 Å². The maximum absolute atomic E-state index is 2.59. The van der Waals surface area contributed by atoms with Crippen molar-refractivity contribution in [3.8, 4) is 22.5 Å². The van der Waals surface area contributed by atoms with Gasteiger partial charge in [-0.05, 0) is 102 Å². The number of benzene rings is 2. The lowest BCUT2D eigenvalue weighted by molar-refractivity contribution is -0.738. The van der Waals surface area contributed by atoms with E-state index in [1.165, 1.54) is 61.5 Å². The van der Waals surface area contributed by atoms with Crippen LogP contribution in [0.3, 0.4) is 0 Å². The van der Waals surface area contributed by atoms with Crippen LogP contribution in [0, 0.1) is 6.92 Å². The van der Waals surface area contributed by atoms with Crippen molar-refractivity contribution in [1.82, 2.24) is 4.90 Å². The molecule has 0 amide bonds. The fraction of sp³-hybridized carbons (Fsp3) is 0.349. The molecule has 0 N–H and O–H groups in total. The van der Waals surface area contributed by atoms with Crippen LogP contribution in [0.2, 0.25) is 0 Å². The smallest absolute Gasteiger partial charge is 0.213 e. The average molecular weight is 610 g/mol. The summed E-state index contributed by atoms with van der Waals surface area (Å²) in [6.07, 6.45) is 16.7. The molecule has 2 aromatic carbocycles. The molecule has 46 heavy (non-hydrogen) atoms. The predicted octanol–water partition coefficient (Wildman–Crippen LogP) is 9.30. The lowest BCUT2D eigenvalue weighted by Gasteiger charge is -2.31. The molecule has 2 aliphatic rings. The second kappa shape index (κ2) is 12.9. The van der Waals surface area contributed by atoms with Gasteiger partial charge in [0.25, 0.3) is 0 Å². The fourth-order valence-corrected chi connectivity index (χ4v) is 7.44. The maximum Gasteiger partial charge on any atom is 0.213 e. The molecule has 2 aromatic heterocycles. The zero-order valence-electron chi connectivity index (χ0n) is 29.1. The molecule has 4 aromatic rings. The van der Waals surface area contributed by atoms with E-state index in [1.54, 1.807) is 0 Å². The van der Waals surface area contributed by atoms with E-state index in [0.29, 0.717) is 12.0 Å². The second-order valence-electron chi connectivity index (χ2n) is 14.6. The number of hydrogen-bond acceptors (Lipinski definition) is 1. The SMILES string of the molecule is C\C=C/C(=C(C)/C=C\N(C)C)c1ccc2c(c1)-c1cc(C(C)(C)C)cc[n+]1CCC1C(CC2)c2ccccc2-c2cc(C)cc[n+]21. The molecule has 0 aliphatic carbocycles. The maximum atomic E-state index is 2.59. The van der Waals surface area contributed by atoms with E-state index < -0.39 is 0 Å². The summed E-state index contributed by atoms with van der Waals surface area (Å²) in [5.41, 5.74) is 14.9. The number of aromatic nitrogens is 2. The summed E-state index contributed by atoms with van der Waals surface area (Å²) in [5.74, 6) is 0.455. The van der Waals surface area contributed by atoms with Crippen LogP contribution in [0.25, 0.3) is 28.1 Å². The third kappa shape index (κ3) is 6.25. The fourth-order valence-electron chi connectivity index (χ4n) is 7.44. The predicted molar refractivity (Wildman–Crippen MR) is 193 cm³/mol. The van der Waals surface area contributed by atoms with Crippen molar-refractivity contribution in [1.29, 1.82) is 0 Å². The highest BCUT2D eigenvalue weighted by Gasteiger charge is 2.41. The molecule has 0 radical (unpaired) electrons. The zero-order chi connectivity index (χ0) is 32.6. The third-order valence-corrected chi connectivity index (χ3v) is 9.97. The summed E-state index contributed by atoms with van der Waals surface area (Å²) in [6.45, 7) is 14.5. The van der Waals surface area contributed by atoms with E-state index in [0.717, 1.165) is 25.8 Å². The summed E-state index contributed by atoms with van der Waals surface area (Å²) >= 11 is 0. The van der Waals surface area contributed by atoms with E-state index in [2.05, 4.69) is 173 Å². The summed E-state index contributed by atoms with van der Waals surface area (Å²) in [5, 5.41) is 0. The number of aryl methyl sites for hydroxylation is 3. The van der Waals surface area contributed by atoms with Crippen LogP contribution in [0.1, 0.15) is 87.2 Å². The quantitative estimate of drug-likeness (QED) is 0.166. The highest BCUT2D eigenvalue weighted by Crippen LogP contribution is 2.43. The van der Waals surface area contributed by atoms with Crippen molar-refractivity contribution in [2.45, 2.75) is 84.7 Å². The van der Waals surface area contributed by atoms with E-state index in [1.807, 2.05) is 0 Å². The second-order valence-corrected chi connectivity index (χ2v) is 14.6. The normalized spacial score (nSPS) is 18.3. The van der Waals surface area contributed by atoms with Crippen molar-refractivity contribution >= 4 is 5.57 Å². The van der Waals surface area contributed by atoms with Crippen LogP contribution in [0.5, 0.6) is 0 Å².